The lowest BCUT2D eigenvalue weighted by atomic mass is 10.2. The van der Waals surface area contributed by atoms with Crippen LogP contribution in [-0.2, 0) is 0 Å². The predicted molar refractivity (Wildman–Crippen MR) is 125 cm³/mol. The van der Waals surface area contributed by atoms with Crippen molar-refractivity contribution in [3.05, 3.63) is 72.6 Å². The van der Waals surface area contributed by atoms with E-state index in [1.165, 1.54) is 5.69 Å². The fraction of sp³-hybridized carbons (Fsp3) is 0.333. The van der Waals surface area contributed by atoms with Gasteiger partial charge in [-0.3, -0.25) is 4.90 Å². The van der Waals surface area contributed by atoms with E-state index in [1.807, 2.05) is 48.0 Å². The first-order chi connectivity index (χ1) is 15.1. The number of benzene rings is 2. The van der Waals surface area contributed by atoms with Gasteiger partial charge in [-0.2, -0.15) is 5.10 Å². The van der Waals surface area contributed by atoms with Crippen molar-refractivity contribution >= 4 is 17.4 Å². The number of carbonyl (C=O) groups excluding carboxylic acids is 1. The van der Waals surface area contributed by atoms with Crippen LogP contribution in [0.2, 0.25) is 0 Å². The Bertz CT molecular complexity index is 994. The maximum atomic E-state index is 12.4. The minimum Gasteiger partial charge on any atom is -0.369 e. The van der Waals surface area contributed by atoms with Gasteiger partial charge in [0.1, 0.15) is 0 Å². The van der Waals surface area contributed by atoms with Crippen LogP contribution >= 0.6 is 0 Å². The van der Waals surface area contributed by atoms with E-state index >= 15 is 0 Å². The first-order valence-corrected chi connectivity index (χ1v) is 10.8. The highest BCUT2D eigenvalue weighted by Crippen LogP contribution is 2.17. The van der Waals surface area contributed by atoms with Gasteiger partial charge in [0.15, 0.2) is 0 Å². The van der Waals surface area contributed by atoms with Gasteiger partial charge in [0, 0.05) is 62.0 Å². The number of carbonyl (C=O) groups is 1. The summed E-state index contributed by atoms with van der Waals surface area (Å²) in [6, 6.07) is 20.3. The number of aryl methyl sites for hydroxylation is 1. The van der Waals surface area contributed by atoms with E-state index in [1.54, 1.807) is 6.20 Å². The Balaban J connectivity index is 1.24. The zero-order valence-electron chi connectivity index (χ0n) is 18.2. The van der Waals surface area contributed by atoms with Crippen molar-refractivity contribution in [1.82, 2.24) is 20.0 Å². The fourth-order valence-corrected chi connectivity index (χ4v) is 3.96. The Morgan fingerprint density at radius 3 is 2.45 bits per heavy atom. The molecule has 1 atom stereocenters. The molecule has 1 aliphatic rings. The molecule has 0 radical (unpaired) electrons. The number of urea groups is 1. The Morgan fingerprint density at radius 1 is 1.00 bits per heavy atom. The first-order valence-electron chi connectivity index (χ1n) is 10.8. The third-order valence-electron chi connectivity index (χ3n) is 5.80. The third-order valence-corrected chi connectivity index (χ3v) is 5.80. The summed E-state index contributed by atoms with van der Waals surface area (Å²) in [5.74, 6) is 0. The summed E-state index contributed by atoms with van der Waals surface area (Å²) < 4.78 is 1.85. The molecule has 1 aromatic heterocycles. The second-order valence-corrected chi connectivity index (χ2v) is 7.98. The standard InChI is InChI=1S/C24H30N6O/c1-19-11-12-26-30(19)23-10-6-7-21(17-23)27-24(31)25-18-20(2)28-13-15-29(16-14-28)22-8-4-3-5-9-22/h3-12,17,20H,13-16,18H2,1-2H3,(H2,25,27,31). The number of anilines is 2. The molecule has 1 aliphatic heterocycles. The molecule has 2 aromatic carbocycles. The smallest absolute Gasteiger partial charge is 0.319 e. The van der Waals surface area contributed by atoms with Gasteiger partial charge in [-0.1, -0.05) is 24.3 Å². The highest BCUT2D eigenvalue weighted by molar-refractivity contribution is 5.89. The molecule has 0 saturated carbocycles. The van der Waals surface area contributed by atoms with Crippen molar-refractivity contribution < 1.29 is 4.79 Å². The summed E-state index contributed by atoms with van der Waals surface area (Å²) in [5, 5.41) is 10.3. The van der Waals surface area contributed by atoms with E-state index in [-0.39, 0.29) is 12.1 Å². The zero-order chi connectivity index (χ0) is 21.6. The Morgan fingerprint density at radius 2 is 1.74 bits per heavy atom. The van der Waals surface area contributed by atoms with Gasteiger partial charge in [0.25, 0.3) is 0 Å². The van der Waals surface area contributed by atoms with E-state index in [0.717, 1.165) is 43.2 Å². The van der Waals surface area contributed by atoms with Gasteiger partial charge in [0.05, 0.1) is 5.69 Å². The monoisotopic (exact) mass is 418 g/mol. The van der Waals surface area contributed by atoms with Crippen molar-refractivity contribution in [2.75, 3.05) is 42.9 Å². The van der Waals surface area contributed by atoms with E-state index in [4.69, 9.17) is 0 Å². The normalized spacial score (nSPS) is 15.5. The molecule has 0 bridgehead atoms. The van der Waals surface area contributed by atoms with Crippen molar-refractivity contribution in [3.8, 4) is 5.69 Å². The molecule has 2 heterocycles. The average Bonchev–Trinajstić information content (AvgIpc) is 3.24. The number of nitrogens with zero attached hydrogens (tertiary/aromatic N) is 4. The van der Waals surface area contributed by atoms with Gasteiger partial charge in [-0.15, -0.1) is 0 Å². The number of nitrogens with one attached hydrogen (secondary N) is 2. The van der Waals surface area contributed by atoms with Crippen molar-refractivity contribution in [2.24, 2.45) is 0 Å². The molecule has 7 heteroatoms. The van der Waals surface area contributed by atoms with Crippen LogP contribution in [0.1, 0.15) is 12.6 Å². The van der Waals surface area contributed by atoms with Crippen LogP contribution in [-0.4, -0.2) is 59.5 Å². The largest absolute Gasteiger partial charge is 0.369 e. The molecule has 0 spiro atoms. The lowest BCUT2D eigenvalue weighted by Gasteiger charge is -2.39. The number of hydrogen-bond donors (Lipinski definition) is 2. The highest BCUT2D eigenvalue weighted by atomic mass is 16.2. The van der Waals surface area contributed by atoms with Gasteiger partial charge in [-0.05, 0) is 50.2 Å². The number of para-hydroxylation sites is 1. The number of aromatic nitrogens is 2. The Kier molecular flexibility index (Phi) is 6.52. The summed E-state index contributed by atoms with van der Waals surface area (Å²) in [5.41, 5.74) is 3.99. The van der Waals surface area contributed by atoms with Crippen LogP contribution in [0.15, 0.2) is 66.9 Å². The SMILES string of the molecule is Cc1ccnn1-c1cccc(NC(=O)NCC(C)N2CCN(c3ccccc3)CC2)c1. The Hall–Kier alpha value is -3.32. The molecule has 0 aliphatic carbocycles. The fourth-order valence-electron chi connectivity index (χ4n) is 3.96. The molecule has 1 fully saturated rings. The topological polar surface area (TPSA) is 65.4 Å². The van der Waals surface area contributed by atoms with Crippen molar-refractivity contribution in [2.45, 2.75) is 19.9 Å². The zero-order valence-corrected chi connectivity index (χ0v) is 18.2. The number of hydrogen-bond acceptors (Lipinski definition) is 4. The Labute approximate surface area is 183 Å². The molecule has 7 nitrogen and oxygen atoms in total. The number of amides is 2. The summed E-state index contributed by atoms with van der Waals surface area (Å²) in [7, 11) is 0. The summed E-state index contributed by atoms with van der Waals surface area (Å²) in [4.78, 5) is 17.3. The van der Waals surface area contributed by atoms with Crippen LogP contribution in [0.25, 0.3) is 5.69 Å². The van der Waals surface area contributed by atoms with Crippen LogP contribution in [0.4, 0.5) is 16.2 Å². The molecule has 1 unspecified atom stereocenters. The lowest BCUT2D eigenvalue weighted by Crippen LogP contribution is -2.52. The first kappa shape index (κ1) is 20.9. The lowest BCUT2D eigenvalue weighted by molar-refractivity contribution is 0.192. The van der Waals surface area contributed by atoms with Crippen LogP contribution in [0.5, 0.6) is 0 Å². The van der Waals surface area contributed by atoms with Crippen LogP contribution in [0.3, 0.4) is 0 Å². The van der Waals surface area contributed by atoms with Crippen LogP contribution < -0.4 is 15.5 Å². The number of rotatable bonds is 6. The molecule has 2 N–H and O–H groups in total. The molecule has 162 valence electrons. The summed E-state index contributed by atoms with van der Waals surface area (Å²) >= 11 is 0. The van der Waals surface area contributed by atoms with Gasteiger partial charge < -0.3 is 15.5 Å². The molecule has 31 heavy (non-hydrogen) atoms. The maximum Gasteiger partial charge on any atom is 0.319 e. The number of piperazine rings is 1. The van der Waals surface area contributed by atoms with Gasteiger partial charge in [-0.25, -0.2) is 9.48 Å². The maximum absolute atomic E-state index is 12.4. The average molecular weight is 419 g/mol. The molecular weight excluding hydrogens is 388 g/mol. The predicted octanol–water partition coefficient (Wildman–Crippen LogP) is 3.51. The second kappa shape index (κ2) is 9.66. The highest BCUT2D eigenvalue weighted by Gasteiger charge is 2.21. The minimum atomic E-state index is -0.191. The minimum absolute atomic E-state index is 0.191. The molecular formula is C24H30N6O. The quantitative estimate of drug-likeness (QED) is 0.643. The van der Waals surface area contributed by atoms with Crippen molar-refractivity contribution in [1.29, 1.82) is 0 Å². The van der Waals surface area contributed by atoms with Gasteiger partial charge in [0.2, 0.25) is 0 Å². The van der Waals surface area contributed by atoms with E-state index in [0.29, 0.717) is 6.54 Å². The molecule has 3 aromatic rings. The van der Waals surface area contributed by atoms with E-state index < -0.39 is 0 Å². The molecule has 2 amide bonds. The summed E-state index contributed by atoms with van der Waals surface area (Å²) in [6.45, 7) is 8.76. The second-order valence-electron chi connectivity index (χ2n) is 7.98. The summed E-state index contributed by atoms with van der Waals surface area (Å²) in [6.07, 6.45) is 1.77. The van der Waals surface area contributed by atoms with E-state index in [2.05, 4.69) is 56.7 Å². The van der Waals surface area contributed by atoms with Crippen LogP contribution in [0, 0.1) is 6.92 Å². The molecule has 4 rings (SSSR count). The van der Waals surface area contributed by atoms with E-state index in [9.17, 15) is 4.79 Å². The van der Waals surface area contributed by atoms with Crippen molar-refractivity contribution in [3.63, 3.8) is 0 Å². The molecule has 1 saturated heterocycles. The third kappa shape index (κ3) is 5.24. The van der Waals surface area contributed by atoms with Gasteiger partial charge >= 0.3 is 6.03 Å².